The van der Waals surface area contributed by atoms with Crippen LogP contribution in [0.3, 0.4) is 0 Å². The van der Waals surface area contributed by atoms with E-state index in [2.05, 4.69) is 39.5 Å². The lowest BCUT2D eigenvalue weighted by Crippen LogP contribution is -2.09. The van der Waals surface area contributed by atoms with Crippen molar-refractivity contribution in [3.63, 3.8) is 0 Å². The molecule has 118 valence electrons. The highest BCUT2D eigenvalue weighted by molar-refractivity contribution is 5.52. The van der Waals surface area contributed by atoms with Crippen LogP contribution in [0, 0.1) is 10.1 Å². The van der Waals surface area contributed by atoms with Gasteiger partial charge in [0, 0.05) is 33.4 Å². The third kappa shape index (κ3) is 3.75. The van der Waals surface area contributed by atoms with Gasteiger partial charge in [-0.3, -0.25) is 4.57 Å². The molecule has 0 amide bonds. The van der Waals surface area contributed by atoms with Gasteiger partial charge in [0.2, 0.25) is 12.1 Å². The molecule has 1 N–H and O–H groups in total. The van der Waals surface area contributed by atoms with Crippen molar-refractivity contribution in [2.75, 3.05) is 30.9 Å². The Balaban J connectivity index is 1.85. The van der Waals surface area contributed by atoms with Gasteiger partial charge in [-0.1, -0.05) is 12.1 Å². The second-order valence-electron chi connectivity index (χ2n) is 5.38. The van der Waals surface area contributed by atoms with Crippen molar-refractivity contribution >= 4 is 17.3 Å². The van der Waals surface area contributed by atoms with Crippen LogP contribution in [0.15, 0.2) is 30.6 Å². The third-order valence-electron chi connectivity index (χ3n) is 3.48. The molecule has 0 saturated heterocycles. The third-order valence-corrected chi connectivity index (χ3v) is 3.48. The van der Waals surface area contributed by atoms with Gasteiger partial charge in [-0.2, -0.15) is 0 Å². The molecular formula is C15H21N5O2. The van der Waals surface area contributed by atoms with Crippen LogP contribution in [0.4, 0.5) is 17.3 Å². The number of rotatable bonds is 7. The Bertz CT molecular complexity index is 634. The van der Waals surface area contributed by atoms with Gasteiger partial charge in [0.15, 0.2) is 0 Å². The summed E-state index contributed by atoms with van der Waals surface area (Å²) in [5.74, 6) is 0.325. The standard InChI is InChI=1S/C15H21N5O2/c1-18(2)13-8-6-12(7-9-13)5-4-10-16-14-15(20(21)22)17-11-19(14)3/h6-9,11,16H,4-5,10H2,1-3H3. The van der Waals surface area contributed by atoms with Gasteiger partial charge in [0.25, 0.3) is 0 Å². The number of aromatic nitrogens is 2. The number of benzene rings is 1. The zero-order valence-corrected chi connectivity index (χ0v) is 13.1. The van der Waals surface area contributed by atoms with E-state index in [9.17, 15) is 10.1 Å². The summed E-state index contributed by atoms with van der Waals surface area (Å²) in [6, 6.07) is 8.41. The molecule has 0 unspecified atom stereocenters. The molecular weight excluding hydrogens is 282 g/mol. The maximum Gasteiger partial charge on any atom is 0.406 e. The molecule has 7 nitrogen and oxygen atoms in total. The normalized spacial score (nSPS) is 10.5. The zero-order chi connectivity index (χ0) is 16.1. The fraction of sp³-hybridized carbons (Fsp3) is 0.400. The molecule has 0 aliphatic carbocycles. The summed E-state index contributed by atoms with van der Waals surface area (Å²) in [5.41, 5.74) is 2.43. The number of imidazole rings is 1. The quantitative estimate of drug-likeness (QED) is 0.483. The molecule has 0 aliphatic rings. The highest BCUT2D eigenvalue weighted by atomic mass is 16.6. The number of nitrogens with one attached hydrogen (secondary N) is 1. The Hall–Kier alpha value is -2.57. The molecule has 1 aromatic heterocycles. The Morgan fingerprint density at radius 3 is 2.59 bits per heavy atom. The minimum absolute atomic E-state index is 0.127. The number of hydrogen-bond acceptors (Lipinski definition) is 5. The van der Waals surface area contributed by atoms with Crippen LogP contribution in [0.25, 0.3) is 0 Å². The SMILES string of the molecule is CN(C)c1ccc(CCCNc2c([N+](=O)[O-])ncn2C)cc1. The summed E-state index contributed by atoms with van der Waals surface area (Å²) in [7, 11) is 5.77. The topological polar surface area (TPSA) is 76.2 Å². The maximum absolute atomic E-state index is 10.9. The van der Waals surface area contributed by atoms with Crippen molar-refractivity contribution in [2.45, 2.75) is 12.8 Å². The molecule has 0 atom stereocenters. The fourth-order valence-corrected chi connectivity index (χ4v) is 2.22. The Morgan fingerprint density at radius 1 is 1.32 bits per heavy atom. The van der Waals surface area contributed by atoms with Crippen molar-refractivity contribution in [3.8, 4) is 0 Å². The molecule has 0 radical (unpaired) electrons. The second kappa shape index (κ2) is 6.93. The Kier molecular flexibility index (Phi) is 4.98. The molecule has 2 aromatic rings. The highest BCUT2D eigenvalue weighted by Crippen LogP contribution is 2.21. The molecule has 0 aliphatic heterocycles. The first-order valence-corrected chi connectivity index (χ1v) is 7.15. The van der Waals surface area contributed by atoms with Crippen LogP contribution in [0.5, 0.6) is 0 Å². The molecule has 0 spiro atoms. The molecule has 0 bridgehead atoms. The summed E-state index contributed by atoms with van der Waals surface area (Å²) >= 11 is 0. The lowest BCUT2D eigenvalue weighted by Gasteiger charge is -2.12. The lowest BCUT2D eigenvalue weighted by molar-refractivity contribution is -0.388. The minimum Gasteiger partial charge on any atom is -0.378 e. The van der Waals surface area contributed by atoms with Crippen LogP contribution in [-0.4, -0.2) is 35.1 Å². The zero-order valence-electron chi connectivity index (χ0n) is 13.1. The summed E-state index contributed by atoms with van der Waals surface area (Å²) in [6.45, 7) is 0.663. The molecule has 22 heavy (non-hydrogen) atoms. The first-order chi connectivity index (χ1) is 10.5. The van der Waals surface area contributed by atoms with Crippen LogP contribution in [0.2, 0.25) is 0 Å². The first kappa shape index (κ1) is 15.8. The Morgan fingerprint density at radius 2 is 2.00 bits per heavy atom. The van der Waals surface area contributed by atoms with Gasteiger partial charge in [-0.15, -0.1) is 0 Å². The number of hydrogen-bond donors (Lipinski definition) is 1. The van der Waals surface area contributed by atoms with E-state index in [1.165, 1.54) is 17.6 Å². The molecule has 0 saturated carbocycles. The van der Waals surface area contributed by atoms with E-state index in [1.807, 2.05) is 14.1 Å². The van der Waals surface area contributed by atoms with E-state index in [-0.39, 0.29) is 5.82 Å². The highest BCUT2D eigenvalue weighted by Gasteiger charge is 2.19. The number of anilines is 2. The number of nitro groups is 1. The van der Waals surface area contributed by atoms with Crippen LogP contribution >= 0.6 is 0 Å². The van der Waals surface area contributed by atoms with Gasteiger partial charge in [0.1, 0.15) is 0 Å². The van der Waals surface area contributed by atoms with E-state index >= 15 is 0 Å². The monoisotopic (exact) mass is 303 g/mol. The van der Waals surface area contributed by atoms with Crippen LogP contribution in [-0.2, 0) is 13.5 Å². The van der Waals surface area contributed by atoms with Gasteiger partial charge in [-0.05, 0) is 40.4 Å². The van der Waals surface area contributed by atoms with Crippen molar-refractivity contribution in [1.82, 2.24) is 9.55 Å². The van der Waals surface area contributed by atoms with Gasteiger partial charge in [-0.25, -0.2) is 0 Å². The fourth-order valence-electron chi connectivity index (χ4n) is 2.22. The Labute approximate surface area is 129 Å². The number of aryl methyl sites for hydroxylation is 2. The van der Waals surface area contributed by atoms with Crippen molar-refractivity contribution in [2.24, 2.45) is 7.05 Å². The molecule has 1 heterocycles. The number of nitrogens with zero attached hydrogens (tertiary/aromatic N) is 4. The average Bonchev–Trinajstić information content (AvgIpc) is 2.85. The molecule has 2 rings (SSSR count). The van der Waals surface area contributed by atoms with E-state index in [1.54, 1.807) is 11.6 Å². The van der Waals surface area contributed by atoms with E-state index in [0.29, 0.717) is 12.4 Å². The predicted molar refractivity (Wildman–Crippen MR) is 87.4 cm³/mol. The first-order valence-electron chi connectivity index (χ1n) is 7.15. The lowest BCUT2D eigenvalue weighted by atomic mass is 10.1. The van der Waals surface area contributed by atoms with Crippen LogP contribution < -0.4 is 10.2 Å². The molecule has 1 aromatic carbocycles. The van der Waals surface area contributed by atoms with Gasteiger partial charge >= 0.3 is 5.82 Å². The van der Waals surface area contributed by atoms with Crippen molar-refractivity contribution in [3.05, 3.63) is 46.3 Å². The van der Waals surface area contributed by atoms with Crippen molar-refractivity contribution < 1.29 is 4.92 Å². The largest absolute Gasteiger partial charge is 0.406 e. The van der Waals surface area contributed by atoms with Gasteiger partial charge in [0.05, 0.1) is 0 Å². The molecule has 0 fully saturated rings. The van der Waals surface area contributed by atoms with Crippen molar-refractivity contribution in [1.29, 1.82) is 0 Å². The van der Waals surface area contributed by atoms with E-state index in [0.717, 1.165) is 12.8 Å². The summed E-state index contributed by atoms with van der Waals surface area (Å²) in [4.78, 5) is 16.2. The summed E-state index contributed by atoms with van der Waals surface area (Å²) in [6.07, 6.45) is 3.26. The van der Waals surface area contributed by atoms with Gasteiger partial charge < -0.3 is 20.3 Å². The average molecular weight is 303 g/mol. The molecule has 7 heteroatoms. The van der Waals surface area contributed by atoms with E-state index in [4.69, 9.17) is 0 Å². The predicted octanol–water partition coefficient (Wildman–Crippen LogP) is 2.44. The van der Waals surface area contributed by atoms with E-state index < -0.39 is 4.92 Å². The van der Waals surface area contributed by atoms with Crippen LogP contribution in [0.1, 0.15) is 12.0 Å². The summed E-state index contributed by atoms with van der Waals surface area (Å²) < 4.78 is 1.63. The minimum atomic E-state index is -0.470. The maximum atomic E-state index is 10.9. The second-order valence-corrected chi connectivity index (χ2v) is 5.38. The summed E-state index contributed by atoms with van der Waals surface area (Å²) in [5, 5.41) is 14.0. The smallest absolute Gasteiger partial charge is 0.378 e.